The molecule has 0 bridgehead atoms. The first kappa shape index (κ1) is 27.8. The van der Waals surface area contributed by atoms with E-state index in [-0.39, 0.29) is 56.8 Å². The summed E-state index contributed by atoms with van der Waals surface area (Å²) in [4.78, 5) is 38.9. The first-order valence-corrected chi connectivity index (χ1v) is 10.9. The number of aromatic nitrogens is 1. The summed E-state index contributed by atoms with van der Waals surface area (Å²) in [5, 5.41) is 3.76. The van der Waals surface area contributed by atoms with Gasteiger partial charge in [0.1, 0.15) is 24.1 Å². The number of hydrogen-bond acceptors (Lipinski definition) is 10. The van der Waals surface area contributed by atoms with Gasteiger partial charge in [0.2, 0.25) is 0 Å². The van der Waals surface area contributed by atoms with E-state index in [4.69, 9.17) is 19.7 Å². The molecule has 2 N–H and O–H groups in total. The second-order valence-corrected chi connectivity index (χ2v) is 8.16. The molecule has 37 heavy (non-hydrogen) atoms. The summed E-state index contributed by atoms with van der Waals surface area (Å²) in [7, 11) is 0. The van der Waals surface area contributed by atoms with Crippen LogP contribution < -0.4 is 20.4 Å². The lowest BCUT2D eigenvalue weighted by molar-refractivity contribution is -0.144. The second-order valence-electron chi connectivity index (χ2n) is 8.16. The van der Waals surface area contributed by atoms with Crippen molar-refractivity contribution in [2.45, 2.75) is 25.5 Å². The number of allylic oxidation sites excluding steroid dienone is 1. The Labute approximate surface area is 214 Å². The standard InChI is InChI=1S/C22H22F3N5O6.ClH/c1-12(26)21(32)34-11-29(17-4-7-35-27-17)9-14-10-30(22(33)36-14)16-8-15(23)20(19(25)18(16)24)28-5-2-13(31)3-6-28;/h2,4-5,7-8,12,14H,3,6,9-11,26H2,1H3;1H/t12-,14-;/m0./s1. The maximum Gasteiger partial charge on any atom is 0.414 e. The highest BCUT2D eigenvalue weighted by Crippen LogP contribution is 2.35. The van der Waals surface area contributed by atoms with Crippen molar-refractivity contribution >= 4 is 47.4 Å². The maximum atomic E-state index is 15.0. The van der Waals surface area contributed by atoms with E-state index in [2.05, 4.69) is 5.16 Å². The van der Waals surface area contributed by atoms with Crippen LogP contribution in [0.15, 0.2) is 35.2 Å². The minimum Gasteiger partial charge on any atom is -0.443 e. The molecule has 1 aromatic heterocycles. The lowest BCUT2D eigenvalue weighted by atomic mass is 10.1. The van der Waals surface area contributed by atoms with Crippen LogP contribution in [0.3, 0.4) is 0 Å². The van der Waals surface area contributed by atoms with Gasteiger partial charge in [-0.3, -0.25) is 14.5 Å². The van der Waals surface area contributed by atoms with Gasteiger partial charge in [-0.2, -0.15) is 0 Å². The molecule has 2 aromatic rings. The fraction of sp³-hybridized carbons (Fsp3) is 0.364. The number of benzene rings is 1. The number of hydrogen-bond donors (Lipinski definition) is 1. The minimum atomic E-state index is -1.51. The molecule has 200 valence electrons. The fourth-order valence-electron chi connectivity index (χ4n) is 3.69. The number of halogens is 4. The summed E-state index contributed by atoms with van der Waals surface area (Å²) in [6.07, 6.45) is 1.66. The lowest BCUT2D eigenvalue weighted by Gasteiger charge is -2.25. The normalized spacial score (nSPS) is 17.9. The van der Waals surface area contributed by atoms with E-state index in [1.54, 1.807) is 0 Å². The van der Waals surface area contributed by atoms with E-state index >= 15 is 0 Å². The smallest absolute Gasteiger partial charge is 0.414 e. The number of ketones is 1. The van der Waals surface area contributed by atoms with E-state index in [9.17, 15) is 27.6 Å². The number of esters is 1. The molecule has 2 aliphatic rings. The molecule has 15 heteroatoms. The zero-order valence-corrected chi connectivity index (χ0v) is 20.3. The topological polar surface area (TPSA) is 131 Å². The van der Waals surface area contributed by atoms with Gasteiger partial charge in [-0.15, -0.1) is 12.4 Å². The highest BCUT2D eigenvalue weighted by atomic mass is 35.5. The van der Waals surface area contributed by atoms with Crippen molar-refractivity contribution in [3.05, 3.63) is 48.1 Å². The van der Waals surface area contributed by atoms with Crippen LogP contribution in [-0.2, 0) is 19.1 Å². The van der Waals surface area contributed by atoms with Crippen molar-refractivity contribution in [3.8, 4) is 0 Å². The number of carbonyl (C=O) groups excluding carboxylic acids is 3. The summed E-state index contributed by atoms with van der Waals surface area (Å²) in [5.74, 6) is -4.73. The predicted molar refractivity (Wildman–Crippen MR) is 126 cm³/mol. The molecule has 4 rings (SSSR count). The molecule has 1 amide bonds. The van der Waals surface area contributed by atoms with Gasteiger partial charge in [-0.1, -0.05) is 5.16 Å². The quantitative estimate of drug-likeness (QED) is 0.300. The van der Waals surface area contributed by atoms with Crippen molar-refractivity contribution in [2.75, 3.05) is 41.1 Å². The minimum absolute atomic E-state index is 0. The molecular weight excluding hydrogens is 523 g/mol. The van der Waals surface area contributed by atoms with Gasteiger partial charge in [0.15, 0.2) is 35.8 Å². The molecule has 3 heterocycles. The Kier molecular flexibility index (Phi) is 8.65. The van der Waals surface area contributed by atoms with Crippen LogP contribution in [0.4, 0.5) is 35.2 Å². The number of carbonyl (C=O) groups is 3. The highest BCUT2D eigenvalue weighted by molar-refractivity contribution is 5.92. The Hall–Kier alpha value is -3.78. The van der Waals surface area contributed by atoms with Crippen LogP contribution in [0.2, 0.25) is 0 Å². The number of cyclic esters (lactones) is 1. The van der Waals surface area contributed by atoms with Crippen LogP contribution in [0, 0.1) is 17.5 Å². The van der Waals surface area contributed by atoms with E-state index < -0.39 is 53.0 Å². The molecule has 0 aliphatic carbocycles. The average molecular weight is 546 g/mol. The molecule has 0 spiro atoms. The first-order valence-electron chi connectivity index (χ1n) is 10.9. The van der Waals surface area contributed by atoms with Crippen molar-refractivity contribution in [2.24, 2.45) is 5.73 Å². The Morgan fingerprint density at radius 1 is 1.32 bits per heavy atom. The van der Waals surface area contributed by atoms with Crippen molar-refractivity contribution < 1.29 is 41.6 Å². The van der Waals surface area contributed by atoms with Crippen LogP contribution in [0.1, 0.15) is 13.3 Å². The van der Waals surface area contributed by atoms with Gasteiger partial charge in [0.05, 0.1) is 18.8 Å². The molecular formula is C22H23ClF3N5O6. The van der Waals surface area contributed by atoms with Crippen molar-refractivity contribution in [1.82, 2.24) is 5.16 Å². The van der Waals surface area contributed by atoms with Gasteiger partial charge in [0, 0.05) is 31.3 Å². The molecule has 1 aromatic carbocycles. The number of rotatable bonds is 8. The molecule has 2 aliphatic heterocycles. The zero-order chi connectivity index (χ0) is 26.0. The number of ether oxygens (including phenoxy) is 2. The summed E-state index contributed by atoms with van der Waals surface area (Å²) < 4.78 is 59.9. The third-order valence-electron chi connectivity index (χ3n) is 5.51. The average Bonchev–Trinajstić information content (AvgIpc) is 3.50. The highest BCUT2D eigenvalue weighted by Gasteiger charge is 2.37. The Morgan fingerprint density at radius 2 is 2.08 bits per heavy atom. The summed E-state index contributed by atoms with van der Waals surface area (Å²) in [6.45, 7) is 0.777. The van der Waals surface area contributed by atoms with Gasteiger partial charge >= 0.3 is 12.1 Å². The monoisotopic (exact) mass is 545 g/mol. The van der Waals surface area contributed by atoms with E-state index in [1.807, 2.05) is 0 Å². The van der Waals surface area contributed by atoms with Crippen LogP contribution in [-0.4, -0.2) is 61.5 Å². The maximum absolute atomic E-state index is 15.0. The Morgan fingerprint density at radius 3 is 2.70 bits per heavy atom. The van der Waals surface area contributed by atoms with Crippen LogP contribution in [0.5, 0.6) is 0 Å². The van der Waals surface area contributed by atoms with E-state index in [0.717, 1.165) is 15.9 Å². The second kappa shape index (κ2) is 11.5. The first-order chi connectivity index (χ1) is 17.2. The fourth-order valence-corrected chi connectivity index (χ4v) is 3.69. The van der Waals surface area contributed by atoms with E-state index in [1.165, 1.54) is 30.4 Å². The SMILES string of the molecule is C[C@H](N)C(=O)OCN(C[C@H]1CN(c2cc(F)c(N3C=CC(=O)CC3)c(F)c2F)C(=O)O1)c1ccon1.Cl. The third-order valence-corrected chi connectivity index (χ3v) is 5.51. The molecule has 0 saturated carbocycles. The van der Waals surface area contributed by atoms with Gasteiger partial charge in [0.25, 0.3) is 0 Å². The largest absolute Gasteiger partial charge is 0.443 e. The molecule has 11 nitrogen and oxygen atoms in total. The van der Waals surface area contributed by atoms with Crippen LogP contribution in [0.25, 0.3) is 0 Å². The number of amides is 1. The van der Waals surface area contributed by atoms with Crippen molar-refractivity contribution in [3.63, 3.8) is 0 Å². The van der Waals surface area contributed by atoms with Gasteiger partial charge < -0.3 is 29.5 Å². The summed E-state index contributed by atoms with van der Waals surface area (Å²) >= 11 is 0. The Bertz CT molecular complexity index is 1200. The van der Waals surface area contributed by atoms with Gasteiger partial charge in [-0.05, 0) is 13.0 Å². The molecule has 1 fully saturated rings. The zero-order valence-electron chi connectivity index (χ0n) is 19.4. The summed E-state index contributed by atoms with van der Waals surface area (Å²) in [5.41, 5.74) is 4.17. The molecule has 2 atom stereocenters. The van der Waals surface area contributed by atoms with Crippen LogP contribution >= 0.6 is 12.4 Å². The van der Waals surface area contributed by atoms with Gasteiger partial charge in [-0.25, -0.2) is 18.0 Å². The number of nitrogens with two attached hydrogens (primary N) is 1. The Balaban J connectivity index is 0.00000380. The van der Waals surface area contributed by atoms with Crippen molar-refractivity contribution in [1.29, 1.82) is 0 Å². The molecule has 1 saturated heterocycles. The predicted octanol–water partition coefficient (Wildman–Crippen LogP) is 2.49. The number of nitrogens with zero attached hydrogens (tertiary/aromatic N) is 4. The third kappa shape index (κ3) is 5.97. The lowest BCUT2D eigenvalue weighted by Crippen LogP contribution is -2.39. The summed E-state index contributed by atoms with van der Waals surface area (Å²) in [6, 6.07) is 1.29. The van der Waals surface area contributed by atoms with E-state index in [0.29, 0.717) is 6.07 Å². The number of anilines is 3. The molecule has 0 radical (unpaired) electrons. The molecule has 0 unspecified atom stereocenters.